The van der Waals surface area contributed by atoms with Crippen LogP contribution >= 0.6 is 11.6 Å². The van der Waals surface area contributed by atoms with Crippen LogP contribution in [0.4, 0.5) is 0 Å². The molecule has 0 saturated heterocycles. The van der Waals surface area contributed by atoms with Crippen LogP contribution in [0.2, 0.25) is 5.02 Å². The standard InChI is InChI=1S/C18H23ClN2/c1-4-10-21-18(14(3)17-7-5-6-11-20-17)15-9-8-13(2)12-16(15)19/h5-9,11-12,14,18,21H,4,10H2,1-3H3. The summed E-state index contributed by atoms with van der Waals surface area (Å²) in [6.45, 7) is 7.40. The number of nitrogens with zero attached hydrogens (tertiary/aromatic N) is 1. The highest BCUT2D eigenvalue weighted by Crippen LogP contribution is 2.34. The minimum absolute atomic E-state index is 0.174. The molecular formula is C18H23ClN2. The molecule has 1 N–H and O–H groups in total. The molecule has 2 rings (SSSR count). The monoisotopic (exact) mass is 302 g/mol. The van der Waals surface area contributed by atoms with Crippen molar-refractivity contribution in [2.45, 2.75) is 39.2 Å². The normalized spacial score (nSPS) is 13.9. The van der Waals surface area contributed by atoms with Crippen molar-refractivity contribution in [3.63, 3.8) is 0 Å². The first-order valence-corrected chi connectivity index (χ1v) is 7.91. The highest BCUT2D eigenvalue weighted by molar-refractivity contribution is 6.31. The van der Waals surface area contributed by atoms with Crippen molar-refractivity contribution < 1.29 is 0 Å². The zero-order valence-electron chi connectivity index (χ0n) is 12.9. The third-order valence-electron chi connectivity index (χ3n) is 3.76. The van der Waals surface area contributed by atoms with E-state index >= 15 is 0 Å². The molecule has 0 bridgehead atoms. The van der Waals surface area contributed by atoms with Gasteiger partial charge in [-0.1, -0.05) is 43.6 Å². The highest BCUT2D eigenvalue weighted by Gasteiger charge is 2.23. The molecule has 2 atom stereocenters. The number of hydrogen-bond donors (Lipinski definition) is 1. The van der Waals surface area contributed by atoms with Crippen molar-refractivity contribution in [1.82, 2.24) is 10.3 Å². The summed E-state index contributed by atoms with van der Waals surface area (Å²) in [5.74, 6) is 0.262. The fourth-order valence-corrected chi connectivity index (χ4v) is 2.91. The molecule has 1 heterocycles. The Bertz CT molecular complexity index is 569. The minimum atomic E-state index is 0.174. The number of pyridine rings is 1. The number of nitrogens with one attached hydrogen (secondary N) is 1. The highest BCUT2D eigenvalue weighted by atomic mass is 35.5. The van der Waals surface area contributed by atoms with Crippen LogP contribution in [0.25, 0.3) is 0 Å². The Morgan fingerprint density at radius 2 is 2.05 bits per heavy atom. The second-order valence-corrected chi connectivity index (χ2v) is 5.91. The fourth-order valence-electron chi connectivity index (χ4n) is 2.56. The van der Waals surface area contributed by atoms with Crippen LogP contribution in [0.1, 0.15) is 49.0 Å². The summed E-state index contributed by atoms with van der Waals surface area (Å²) in [6, 6.07) is 12.5. The first kappa shape index (κ1) is 16.0. The Morgan fingerprint density at radius 3 is 2.67 bits per heavy atom. The Balaban J connectivity index is 2.33. The molecule has 0 amide bonds. The predicted molar refractivity (Wildman–Crippen MR) is 89.9 cm³/mol. The maximum Gasteiger partial charge on any atom is 0.0456 e. The lowest BCUT2D eigenvalue weighted by Gasteiger charge is -2.26. The van der Waals surface area contributed by atoms with Crippen molar-refractivity contribution in [1.29, 1.82) is 0 Å². The van der Waals surface area contributed by atoms with Crippen molar-refractivity contribution in [2.75, 3.05) is 6.54 Å². The van der Waals surface area contributed by atoms with Gasteiger partial charge in [0.25, 0.3) is 0 Å². The third kappa shape index (κ3) is 4.05. The van der Waals surface area contributed by atoms with Crippen molar-refractivity contribution >= 4 is 11.6 Å². The molecule has 2 unspecified atom stereocenters. The molecule has 21 heavy (non-hydrogen) atoms. The third-order valence-corrected chi connectivity index (χ3v) is 4.09. The lowest BCUT2D eigenvalue weighted by molar-refractivity contribution is 0.460. The molecule has 112 valence electrons. The molecule has 0 aliphatic carbocycles. The van der Waals surface area contributed by atoms with Crippen molar-refractivity contribution in [3.8, 4) is 0 Å². The van der Waals surface area contributed by atoms with Gasteiger partial charge < -0.3 is 5.32 Å². The van der Waals surface area contributed by atoms with Crippen LogP contribution in [-0.4, -0.2) is 11.5 Å². The maximum atomic E-state index is 6.47. The summed E-state index contributed by atoms with van der Waals surface area (Å²) in [7, 11) is 0. The van der Waals surface area contributed by atoms with Crippen molar-refractivity contribution in [2.24, 2.45) is 0 Å². The molecule has 0 fully saturated rings. The molecule has 2 nitrogen and oxygen atoms in total. The zero-order chi connectivity index (χ0) is 15.2. The van der Waals surface area contributed by atoms with Gasteiger partial charge in [-0.15, -0.1) is 0 Å². The molecule has 0 aliphatic rings. The van der Waals surface area contributed by atoms with Crippen LogP contribution in [0.5, 0.6) is 0 Å². The van der Waals surface area contributed by atoms with Gasteiger partial charge in [-0.05, 0) is 49.2 Å². The second kappa shape index (κ2) is 7.58. The van der Waals surface area contributed by atoms with E-state index in [-0.39, 0.29) is 12.0 Å². The van der Waals surface area contributed by atoms with Gasteiger partial charge in [-0.3, -0.25) is 4.98 Å². The number of aromatic nitrogens is 1. The number of rotatable bonds is 6. The number of hydrogen-bond acceptors (Lipinski definition) is 2. The van der Waals surface area contributed by atoms with Gasteiger partial charge in [0.05, 0.1) is 0 Å². The first-order chi connectivity index (χ1) is 10.1. The zero-order valence-corrected chi connectivity index (χ0v) is 13.7. The Hall–Kier alpha value is -1.38. The molecular weight excluding hydrogens is 280 g/mol. The summed E-state index contributed by atoms with van der Waals surface area (Å²) in [6.07, 6.45) is 2.94. The van der Waals surface area contributed by atoms with Crippen LogP contribution in [0, 0.1) is 6.92 Å². The van der Waals surface area contributed by atoms with Gasteiger partial charge in [-0.25, -0.2) is 0 Å². The fraction of sp³-hybridized carbons (Fsp3) is 0.389. The summed E-state index contributed by atoms with van der Waals surface area (Å²) in [4.78, 5) is 4.50. The predicted octanol–water partition coefficient (Wildman–Crippen LogP) is 4.89. The van der Waals surface area contributed by atoms with Gasteiger partial charge >= 0.3 is 0 Å². The van der Waals surface area contributed by atoms with Gasteiger partial charge in [0.1, 0.15) is 0 Å². The Morgan fingerprint density at radius 1 is 1.24 bits per heavy atom. The largest absolute Gasteiger partial charge is 0.309 e. The maximum absolute atomic E-state index is 6.47. The van der Waals surface area contributed by atoms with Crippen molar-refractivity contribution in [3.05, 3.63) is 64.4 Å². The number of benzene rings is 1. The molecule has 2 aromatic rings. The van der Waals surface area contributed by atoms with Gasteiger partial charge in [0.2, 0.25) is 0 Å². The molecule has 0 spiro atoms. The Kier molecular flexibility index (Phi) is 5.77. The SMILES string of the molecule is CCCNC(c1ccc(C)cc1Cl)C(C)c1ccccn1. The van der Waals surface area contributed by atoms with E-state index in [1.807, 2.05) is 24.4 Å². The second-order valence-electron chi connectivity index (χ2n) is 5.50. The molecule has 3 heteroatoms. The summed E-state index contributed by atoms with van der Waals surface area (Å²) >= 11 is 6.47. The molecule has 0 radical (unpaired) electrons. The average molecular weight is 303 g/mol. The summed E-state index contributed by atoms with van der Waals surface area (Å²) < 4.78 is 0. The number of halogens is 1. The van der Waals surface area contributed by atoms with Crippen LogP contribution in [0.15, 0.2) is 42.6 Å². The van der Waals surface area contributed by atoms with E-state index < -0.39 is 0 Å². The van der Waals surface area contributed by atoms with Gasteiger partial charge in [-0.2, -0.15) is 0 Å². The van der Waals surface area contributed by atoms with E-state index in [2.05, 4.69) is 49.3 Å². The van der Waals surface area contributed by atoms with Gasteiger partial charge in [0, 0.05) is 28.9 Å². The average Bonchev–Trinajstić information content (AvgIpc) is 2.50. The molecule has 0 aliphatic heterocycles. The van der Waals surface area contributed by atoms with E-state index in [0.717, 1.165) is 29.2 Å². The van der Waals surface area contributed by atoms with E-state index in [1.54, 1.807) is 0 Å². The Labute approximate surface area is 132 Å². The quantitative estimate of drug-likeness (QED) is 0.822. The van der Waals surface area contributed by atoms with E-state index in [1.165, 1.54) is 5.56 Å². The number of aryl methyl sites for hydroxylation is 1. The first-order valence-electron chi connectivity index (χ1n) is 7.53. The van der Waals surface area contributed by atoms with Gasteiger partial charge in [0.15, 0.2) is 0 Å². The van der Waals surface area contributed by atoms with E-state index in [9.17, 15) is 0 Å². The molecule has 1 aromatic heterocycles. The van der Waals surface area contributed by atoms with E-state index in [0.29, 0.717) is 0 Å². The smallest absolute Gasteiger partial charge is 0.0456 e. The van der Waals surface area contributed by atoms with Crippen LogP contribution in [0.3, 0.4) is 0 Å². The summed E-state index contributed by atoms with van der Waals surface area (Å²) in [5, 5.41) is 4.45. The van der Waals surface area contributed by atoms with Crippen LogP contribution < -0.4 is 5.32 Å². The lowest BCUT2D eigenvalue weighted by Crippen LogP contribution is -2.27. The molecule has 1 aromatic carbocycles. The topological polar surface area (TPSA) is 24.9 Å². The lowest BCUT2D eigenvalue weighted by atomic mass is 9.90. The molecule has 0 saturated carbocycles. The van der Waals surface area contributed by atoms with Crippen LogP contribution in [-0.2, 0) is 0 Å². The minimum Gasteiger partial charge on any atom is -0.309 e. The van der Waals surface area contributed by atoms with E-state index in [4.69, 9.17) is 11.6 Å². The summed E-state index contributed by atoms with van der Waals surface area (Å²) in [5.41, 5.74) is 3.42.